The second-order valence-corrected chi connectivity index (χ2v) is 11.0. The van der Waals surface area contributed by atoms with Gasteiger partial charge in [0.05, 0.1) is 24.8 Å². The first-order chi connectivity index (χ1) is 14.3. The normalized spacial score (nSPS) is 15.3. The van der Waals surface area contributed by atoms with Gasteiger partial charge in [-0.3, -0.25) is 0 Å². The number of nitrogens with zero attached hydrogens (tertiary/aromatic N) is 2. The lowest BCUT2D eigenvalue weighted by Gasteiger charge is -2.17. The molecule has 1 aromatic heterocycles. The van der Waals surface area contributed by atoms with Crippen molar-refractivity contribution in [2.75, 3.05) is 30.1 Å². The zero-order valence-corrected chi connectivity index (χ0v) is 19.2. The summed E-state index contributed by atoms with van der Waals surface area (Å²) in [6.07, 6.45) is 3.06. The van der Waals surface area contributed by atoms with Crippen LogP contribution < -0.4 is 26.1 Å². The molecule has 3 rings (SSSR count). The van der Waals surface area contributed by atoms with Crippen LogP contribution in [-0.2, 0) is 19.9 Å². The minimum Gasteiger partial charge on any atom is -0.495 e. The molecule has 172 valence electrons. The van der Waals surface area contributed by atoms with Crippen LogP contribution in [0.2, 0.25) is 0 Å². The van der Waals surface area contributed by atoms with Crippen molar-refractivity contribution in [1.82, 2.24) is 9.97 Å². The van der Waals surface area contributed by atoms with Gasteiger partial charge in [-0.05, 0) is 24.8 Å². The van der Waals surface area contributed by atoms with Crippen LogP contribution in [0, 0.1) is 0 Å². The predicted molar refractivity (Wildman–Crippen MR) is 117 cm³/mol. The van der Waals surface area contributed by atoms with Crippen molar-refractivity contribution in [1.29, 1.82) is 0 Å². The molecule has 1 aromatic carbocycles. The van der Waals surface area contributed by atoms with Crippen molar-refractivity contribution in [2.24, 2.45) is 5.14 Å². The Morgan fingerprint density at radius 3 is 2.10 bits per heavy atom. The van der Waals surface area contributed by atoms with E-state index in [-0.39, 0.29) is 39.8 Å². The molecule has 1 aliphatic rings. The highest BCUT2D eigenvalue weighted by atomic mass is 32.2. The van der Waals surface area contributed by atoms with Crippen LogP contribution in [0.15, 0.2) is 23.2 Å². The van der Waals surface area contributed by atoms with Crippen LogP contribution in [0.3, 0.4) is 0 Å². The first-order valence-corrected chi connectivity index (χ1v) is 12.7. The number of nitrogens with two attached hydrogens (primary N) is 3. The van der Waals surface area contributed by atoms with E-state index in [2.05, 4.69) is 9.97 Å². The Bertz CT molecular complexity index is 1140. The molecule has 6 N–H and O–H groups in total. The number of primary sulfonamides is 1. The maximum atomic E-state index is 11.8. The largest absolute Gasteiger partial charge is 0.495 e. The first-order valence-electron chi connectivity index (χ1n) is 9.35. The molecule has 0 unspecified atom stereocenters. The summed E-state index contributed by atoms with van der Waals surface area (Å²) in [4.78, 5) is 7.42. The number of anilines is 2. The zero-order chi connectivity index (χ0) is 23.4. The van der Waals surface area contributed by atoms with Gasteiger partial charge in [0.2, 0.25) is 16.0 Å². The van der Waals surface area contributed by atoms with Gasteiger partial charge < -0.3 is 20.9 Å². The Balaban J connectivity index is 0.000000412. The summed E-state index contributed by atoms with van der Waals surface area (Å²) in [6, 6.07) is 2.85. The maximum Gasteiger partial charge on any atom is 0.241 e. The van der Waals surface area contributed by atoms with E-state index in [1.54, 1.807) is 6.07 Å². The molecule has 0 radical (unpaired) electrons. The molecular weight excluding hydrogens is 446 g/mol. The number of rotatable bonds is 5. The second kappa shape index (κ2) is 9.66. The van der Waals surface area contributed by atoms with Crippen LogP contribution in [0.4, 0.5) is 11.8 Å². The van der Waals surface area contributed by atoms with Gasteiger partial charge in [0.1, 0.15) is 26.2 Å². The van der Waals surface area contributed by atoms with E-state index in [4.69, 9.17) is 26.1 Å². The Labute approximate surface area is 181 Å². The van der Waals surface area contributed by atoms with Crippen molar-refractivity contribution in [3.05, 3.63) is 23.9 Å². The number of aromatic nitrogens is 2. The number of hydrogen-bond donors (Lipinski definition) is 3. The summed E-state index contributed by atoms with van der Waals surface area (Å²) in [5.41, 5.74) is 11.9. The highest BCUT2D eigenvalue weighted by Gasteiger charge is 2.22. The fourth-order valence-corrected chi connectivity index (χ4v) is 5.01. The molecule has 11 nitrogen and oxygen atoms in total. The quantitative estimate of drug-likeness (QED) is 0.572. The lowest BCUT2D eigenvalue weighted by Crippen LogP contribution is -2.14. The zero-order valence-electron chi connectivity index (χ0n) is 17.5. The lowest BCUT2D eigenvalue weighted by atomic mass is 10.0. The molecule has 0 bridgehead atoms. The highest BCUT2D eigenvalue weighted by Crippen LogP contribution is 2.38. The molecule has 1 fully saturated rings. The number of sulfonamides is 1. The fourth-order valence-electron chi connectivity index (χ4n) is 2.82. The smallest absolute Gasteiger partial charge is 0.241 e. The van der Waals surface area contributed by atoms with Crippen LogP contribution >= 0.6 is 0 Å². The molecule has 31 heavy (non-hydrogen) atoms. The van der Waals surface area contributed by atoms with E-state index in [9.17, 15) is 16.8 Å². The standard InChI is InChI=1S/C14H19N5O4S.C4H8O2S/c1-7(2)8-4-10(22-3)12(24(17,20)21)5-9(8)23-11-6-18-14(16)19-13(11)15;5-7(6)3-1-2-4-7/h4-7H,1-3H3,(H2,17,20,21)(H4,15,16,18,19);1-4H2. The molecule has 13 heteroatoms. The fraction of sp³-hybridized carbons (Fsp3) is 0.444. The van der Waals surface area contributed by atoms with Gasteiger partial charge in [-0.1, -0.05) is 13.8 Å². The Hall–Kier alpha value is -2.64. The lowest BCUT2D eigenvalue weighted by molar-refractivity contribution is 0.398. The molecule has 0 amide bonds. The summed E-state index contributed by atoms with van der Waals surface area (Å²) in [6.45, 7) is 3.84. The molecule has 0 spiro atoms. The SMILES string of the molecule is COc1cc(C(C)C)c(Oc2cnc(N)nc2N)cc1S(N)(=O)=O.O=S1(=O)CCCC1. The van der Waals surface area contributed by atoms with E-state index < -0.39 is 19.9 Å². The Kier molecular flexibility index (Phi) is 7.68. The third-order valence-corrected chi connectivity index (χ3v) is 7.16. The van der Waals surface area contributed by atoms with E-state index in [1.165, 1.54) is 19.4 Å². The van der Waals surface area contributed by atoms with E-state index in [1.807, 2.05) is 13.8 Å². The Morgan fingerprint density at radius 1 is 1.06 bits per heavy atom. The Morgan fingerprint density at radius 2 is 1.68 bits per heavy atom. The van der Waals surface area contributed by atoms with Gasteiger partial charge in [-0.15, -0.1) is 0 Å². The molecule has 1 saturated heterocycles. The highest BCUT2D eigenvalue weighted by molar-refractivity contribution is 7.91. The van der Waals surface area contributed by atoms with Gasteiger partial charge in [0, 0.05) is 11.6 Å². The molecule has 2 heterocycles. The van der Waals surface area contributed by atoms with Gasteiger partial charge in [0.15, 0.2) is 11.6 Å². The second-order valence-electron chi connectivity index (χ2n) is 7.18. The number of sulfone groups is 1. The van der Waals surface area contributed by atoms with Crippen molar-refractivity contribution in [3.8, 4) is 17.2 Å². The topological polar surface area (TPSA) is 191 Å². The molecule has 2 aromatic rings. The number of hydrogen-bond acceptors (Lipinski definition) is 10. The third kappa shape index (κ3) is 6.67. The summed E-state index contributed by atoms with van der Waals surface area (Å²) in [5, 5.41) is 5.24. The van der Waals surface area contributed by atoms with E-state index in [0.29, 0.717) is 17.1 Å². The molecular formula is C18H27N5O6S2. The number of nitrogen functional groups attached to an aromatic ring is 2. The summed E-state index contributed by atoms with van der Waals surface area (Å²) in [5.74, 6) is 1.44. The number of benzene rings is 1. The van der Waals surface area contributed by atoms with Gasteiger partial charge in [0.25, 0.3) is 0 Å². The molecule has 1 aliphatic heterocycles. The maximum absolute atomic E-state index is 11.8. The first kappa shape index (κ1) is 24.6. The van der Waals surface area contributed by atoms with Crippen molar-refractivity contribution >= 4 is 31.6 Å². The summed E-state index contributed by atoms with van der Waals surface area (Å²) in [7, 11) is -5.19. The van der Waals surface area contributed by atoms with Gasteiger partial charge in [-0.25, -0.2) is 27.0 Å². The van der Waals surface area contributed by atoms with Crippen LogP contribution in [-0.4, -0.2) is 45.4 Å². The molecule has 0 atom stereocenters. The molecule has 0 saturated carbocycles. The number of methoxy groups -OCH3 is 1. The van der Waals surface area contributed by atoms with Crippen LogP contribution in [0.5, 0.6) is 17.2 Å². The van der Waals surface area contributed by atoms with E-state index in [0.717, 1.165) is 12.8 Å². The van der Waals surface area contributed by atoms with Crippen LogP contribution in [0.1, 0.15) is 38.2 Å². The van der Waals surface area contributed by atoms with Crippen molar-refractivity contribution < 1.29 is 26.3 Å². The minimum atomic E-state index is -4.01. The summed E-state index contributed by atoms with van der Waals surface area (Å²) < 4.78 is 55.3. The summed E-state index contributed by atoms with van der Waals surface area (Å²) >= 11 is 0. The number of ether oxygens (including phenoxy) is 2. The average molecular weight is 474 g/mol. The van der Waals surface area contributed by atoms with Crippen molar-refractivity contribution in [2.45, 2.75) is 37.5 Å². The average Bonchev–Trinajstić information content (AvgIpc) is 3.07. The monoisotopic (exact) mass is 473 g/mol. The van der Waals surface area contributed by atoms with Gasteiger partial charge >= 0.3 is 0 Å². The van der Waals surface area contributed by atoms with Crippen LogP contribution in [0.25, 0.3) is 0 Å². The predicted octanol–water partition coefficient (Wildman–Crippen LogP) is 1.41. The molecule has 0 aliphatic carbocycles. The van der Waals surface area contributed by atoms with E-state index >= 15 is 0 Å². The minimum absolute atomic E-state index is 0.00360. The third-order valence-electron chi connectivity index (χ3n) is 4.41. The van der Waals surface area contributed by atoms with Crippen molar-refractivity contribution in [3.63, 3.8) is 0 Å². The van der Waals surface area contributed by atoms with Gasteiger partial charge in [-0.2, -0.15) is 4.98 Å².